The third-order valence-corrected chi connectivity index (χ3v) is 7.68. The molecule has 29 heavy (non-hydrogen) atoms. The number of para-hydroxylation sites is 2. The second kappa shape index (κ2) is 8.22. The van der Waals surface area contributed by atoms with E-state index in [1.807, 2.05) is 42.5 Å². The molecular weight excluding hydrogens is 472 g/mol. The van der Waals surface area contributed by atoms with Crippen LogP contribution < -0.4 is 4.74 Å². The van der Waals surface area contributed by atoms with Crippen LogP contribution in [0.5, 0.6) is 5.75 Å². The van der Waals surface area contributed by atoms with E-state index in [2.05, 4.69) is 20.9 Å². The first-order valence-electron chi connectivity index (χ1n) is 8.73. The maximum Gasteiger partial charge on any atom is 0.270 e. The highest BCUT2D eigenvalue weighted by Gasteiger charge is 2.24. The van der Waals surface area contributed by atoms with Crippen molar-refractivity contribution < 1.29 is 13.2 Å². The van der Waals surface area contributed by atoms with E-state index in [-0.39, 0.29) is 4.90 Å². The minimum Gasteiger partial charge on any atom is -0.497 e. The molecule has 0 fully saturated rings. The largest absolute Gasteiger partial charge is 0.497 e. The molecular formula is C21H17BrN2O3S2. The van der Waals surface area contributed by atoms with Gasteiger partial charge in [-0.15, -0.1) is 0 Å². The van der Waals surface area contributed by atoms with Gasteiger partial charge in [-0.25, -0.2) is 17.4 Å². The fourth-order valence-corrected chi connectivity index (χ4v) is 6.04. The van der Waals surface area contributed by atoms with Crippen LogP contribution in [0.4, 0.5) is 0 Å². The Kier molecular flexibility index (Phi) is 5.67. The number of thioether (sulfide) groups is 1. The van der Waals surface area contributed by atoms with Crippen molar-refractivity contribution in [2.45, 2.75) is 15.8 Å². The van der Waals surface area contributed by atoms with Crippen LogP contribution in [0, 0.1) is 0 Å². The van der Waals surface area contributed by atoms with E-state index in [0.717, 1.165) is 10.0 Å². The van der Waals surface area contributed by atoms with E-state index in [4.69, 9.17) is 4.74 Å². The molecule has 1 aromatic heterocycles. The van der Waals surface area contributed by atoms with Gasteiger partial charge in [0.1, 0.15) is 5.75 Å². The normalized spacial score (nSPS) is 11.7. The van der Waals surface area contributed by atoms with E-state index in [1.54, 1.807) is 37.4 Å². The van der Waals surface area contributed by atoms with Crippen molar-refractivity contribution in [1.82, 2.24) is 8.96 Å². The van der Waals surface area contributed by atoms with Gasteiger partial charge < -0.3 is 4.74 Å². The molecule has 0 spiro atoms. The Hall–Kier alpha value is -2.29. The van der Waals surface area contributed by atoms with Gasteiger partial charge >= 0.3 is 0 Å². The molecule has 148 valence electrons. The van der Waals surface area contributed by atoms with Crippen molar-refractivity contribution >= 4 is 48.7 Å². The monoisotopic (exact) mass is 488 g/mol. The van der Waals surface area contributed by atoms with Gasteiger partial charge in [-0.3, -0.25) is 0 Å². The summed E-state index contributed by atoms with van der Waals surface area (Å²) in [5, 5.41) is 0.432. The number of benzene rings is 3. The third kappa shape index (κ3) is 4.05. The van der Waals surface area contributed by atoms with Crippen LogP contribution in [-0.4, -0.2) is 24.5 Å². The van der Waals surface area contributed by atoms with Crippen LogP contribution in [-0.2, 0) is 15.8 Å². The molecule has 1 heterocycles. The number of aromatic nitrogens is 2. The molecule has 0 saturated heterocycles. The molecule has 3 aromatic carbocycles. The number of ether oxygens (including phenoxy) is 1. The zero-order chi connectivity index (χ0) is 20.4. The van der Waals surface area contributed by atoms with Gasteiger partial charge in [0.2, 0.25) is 0 Å². The molecule has 0 unspecified atom stereocenters. The second-order valence-electron chi connectivity index (χ2n) is 6.25. The lowest BCUT2D eigenvalue weighted by Crippen LogP contribution is -2.14. The second-order valence-corrected chi connectivity index (χ2v) is 9.89. The summed E-state index contributed by atoms with van der Waals surface area (Å²) < 4.78 is 34.4. The molecule has 0 atom stereocenters. The summed E-state index contributed by atoms with van der Waals surface area (Å²) in [6.45, 7) is 0. The molecule has 0 bridgehead atoms. The maximum atomic E-state index is 13.5. The van der Waals surface area contributed by atoms with Crippen molar-refractivity contribution in [3.05, 3.63) is 82.8 Å². The minimum absolute atomic E-state index is 0.186. The lowest BCUT2D eigenvalue weighted by Gasteiger charge is -2.11. The Labute approximate surface area is 181 Å². The van der Waals surface area contributed by atoms with Crippen LogP contribution in [0.3, 0.4) is 0 Å². The summed E-state index contributed by atoms with van der Waals surface area (Å²) in [6.07, 6.45) is 0. The molecule has 5 nitrogen and oxygen atoms in total. The number of hydrogen-bond acceptors (Lipinski definition) is 5. The van der Waals surface area contributed by atoms with E-state index < -0.39 is 10.0 Å². The van der Waals surface area contributed by atoms with Gasteiger partial charge in [-0.1, -0.05) is 52.0 Å². The molecule has 0 amide bonds. The molecule has 0 radical (unpaired) electrons. The quantitative estimate of drug-likeness (QED) is 0.343. The molecule has 4 aromatic rings. The summed E-state index contributed by atoms with van der Waals surface area (Å²) in [4.78, 5) is 4.77. The van der Waals surface area contributed by atoms with Crippen LogP contribution in [0.1, 0.15) is 5.56 Å². The summed E-state index contributed by atoms with van der Waals surface area (Å²) in [5.41, 5.74) is 2.27. The highest BCUT2D eigenvalue weighted by molar-refractivity contribution is 9.10. The highest BCUT2D eigenvalue weighted by Crippen LogP contribution is 2.31. The van der Waals surface area contributed by atoms with Crippen molar-refractivity contribution in [3.8, 4) is 5.75 Å². The summed E-state index contributed by atoms with van der Waals surface area (Å²) >= 11 is 4.86. The SMILES string of the molecule is COc1ccc(S(=O)(=O)n2c(SCc3cccc(Br)c3)nc3ccccc32)cc1. The first-order chi connectivity index (χ1) is 14.0. The third-order valence-electron chi connectivity index (χ3n) is 4.34. The summed E-state index contributed by atoms with van der Waals surface area (Å²) in [6, 6.07) is 21.5. The average molecular weight is 489 g/mol. The molecule has 0 aliphatic heterocycles. The highest BCUT2D eigenvalue weighted by atomic mass is 79.9. The Morgan fingerprint density at radius 3 is 2.52 bits per heavy atom. The van der Waals surface area contributed by atoms with Crippen molar-refractivity contribution in [2.24, 2.45) is 0 Å². The number of imidazole rings is 1. The van der Waals surface area contributed by atoms with Gasteiger partial charge in [-0.05, 0) is 54.1 Å². The Morgan fingerprint density at radius 2 is 1.79 bits per heavy atom. The van der Waals surface area contributed by atoms with Crippen molar-refractivity contribution in [1.29, 1.82) is 0 Å². The predicted octanol–water partition coefficient (Wildman–Crippen LogP) is 5.34. The first-order valence-corrected chi connectivity index (χ1v) is 12.0. The van der Waals surface area contributed by atoms with Gasteiger partial charge in [0, 0.05) is 10.2 Å². The van der Waals surface area contributed by atoms with Gasteiger partial charge in [-0.2, -0.15) is 0 Å². The average Bonchev–Trinajstić information content (AvgIpc) is 3.11. The molecule has 0 aliphatic rings. The number of rotatable bonds is 6. The molecule has 4 rings (SSSR count). The van der Waals surface area contributed by atoms with E-state index in [9.17, 15) is 8.42 Å². The van der Waals surface area contributed by atoms with E-state index in [1.165, 1.54) is 15.7 Å². The first kappa shape index (κ1) is 20.0. The topological polar surface area (TPSA) is 61.2 Å². The molecule has 0 N–H and O–H groups in total. The van der Waals surface area contributed by atoms with Crippen LogP contribution in [0.15, 0.2) is 87.3 Å². The van der Waals surface area contributed by atoms with Gasteiger partial charge in [0.05, 0.1) is 23.0 Å². The molecule has 8 heteroatoms. The standard InChI is InChI=1S/C21H17BrN2O3S2/c1-27-17-9-11-18(12-10-17)29(25,26)24-20-8-3-2-7-19(20)23-21(24)28-14-15-5-4-6-16(22)13-15/h2-13H,14H2,1H3. The smallest absolute Gasteiger partial charge is 0.270 e. The Morgan fingerprint density at radius 1 is 1.03 bits per heavy atom. The Balaban J connectivity index is 1.78. The lowest BCUT2D eigenvalue weighted by molar-refractivity contribution is 0.414. The summed E-state index contributed by atoms with van der Waals surface area (Å²) in [5.74, 6) is 1.20. The van der Waals surface area contributed by atoms with Crippen molar-refractivity contribution in [3.63, 3.8) is 0 Å². The predicted molar refractivity (Wildman–Crippen MR) is 119 cm³/mol. The fourth-order valence-electron chi connectivity index (χ4n) is 2.93. The lowest BCUT2D eigenvalue weighted by atomic mass is 10.2. The van der Waals surface area contributed by atoms with Gasteiger partial charge in [0.25, 0.3) is 10.0 Å². The number of fused-ring (bicyclic) bond motifs is 1. The zero-order valence-corrected chi connectivity index (χ0v) is 18.7. The fraction of sp³-hybridized carbons (Fsp3) is 0.0952. The number of nitrogens with zero attached hydrogens (tertiary/aromatic N) is 2. The number of methoxy groups -OCH3 is 1. The molecule has 0 saturated carbocycles. The Bertz CT molecular complexity index is 1270. The maximum absolute atomic E-state index is 13.5. The number of hydrogen-bond donors (Lipinski definition) is 0. The van der Waals surface area contributed by atoms with E-state index in [0.29, 0.717) is 27.7 Å². The summed E-state index contributed by atoms with van der Waals surface area (Å²) in [7, 11) is -2.28. The minimum atomic E-state index is -3.82. The number of halogens is 1. The van der Waals surface area contributed by atoms with Crippen molar-refractivity contribution in [2.75, 3.05) is 7.11 Å². The van der Waals surface area contributed by atoms with Crippen LogP contribution in [0.2, 0.25) is 0 Å². The zero-order valence-electron chi connectivity index (χ0n) is 15.4. The van der Waals surface area contributed by atoms with Crippen LogP contribution >= 0.6 is 27.7 Å². The van der Waals surface area contributed by atoms with E-state index >= 15 is 0 Å². The van der Waals surface area contributed by atoms with Gasteiger partial charge in [0.15, 0.2) is 5.16 Å². The molecule has 0 aliphatic carbocycles. The van der Waals surface area contributed by atoms with Crippen LogP contribution in [0.25, 0.3) is 11.0 Å².